The zero-order valence-corrected chi connectivity index (χ0v) is 59.6. The molecule has 0 amide bonds. The van der Waals surface area contributed by atoms with Crippen LogP contribution in [0.5, 0.6) is 0 Å². The van der Waals surface area contributed by atoms with Crippen LogP contribution in [0.1, 0.15) is 361 Å². The topological polar surface area (TPSA) is 111 Å². The quantitative estimate of drug-likeness (QED) is 0.0195. The molecule has 0 aliphatic heterocycles. The summed E-state index contributed by atoms with van der Waals surface area (Å²) in [5, 5.41) is 0. The van der Waals surface area contributed by atoms with Crippen LogP contribution in [0.4, 0.5) is 0 Å². The van der Waals surface area contributed by atoms with Gasteiger partial charge in [-0.15, -0.1) is 0 Å². The number of unbranched alkanes of at least 4 members (excludes halogenated alkanes) is 44. The molecule has 2 unspecified atom stereocenters. The van der Waals surface area contributed by atoms with Gasteiger partial charge in [0, 0.05) is 12.8 Å². The number of hydrogen-bond donors (Lipinski definition) is 0. The van der Waals surface area contributed by atoms with Crippen molar-refractivity contribution in [1.82, 2.24) is 0 Å². The first-order valence-electron chi connectivity index (χ1n) is 37.6. The smallest absolute Gasteiger partial charge is 0.306 e. The lowest BCUT2D eigenvalue weighted by Gasteiger charge is -2.28. The second-order valence-electron chi connectivity index (χ2n) is 26.6. The molecule has 0 rings (SSSR count). The fourth-order valence-electron chi connectivity index (χ4n) is 11.0. The molecule has 0 aromatic heterocycles. The summed E-state index contributed by atoms with van der Waals surface area (Å²) in [7, 11) is 1.18. The van der Waals surface area contributed by atoms with Crippen molar-refractivity contribution < 1.29 is 42.1 Å². The van der Waals surface area contributed by atoms with Gasteiger partial charge in [-0.25, -0.2) is 0 Å². The summed E-state index contributed by atoms with van der Waals surface area (Å²) in [6.07, 6.45) is 92.9. The molecule has 0 N–H and O–H groups in total. The summed E-state index contributed by atoms with van der Waals surface area (Å²) in [4.78, 5) is 38.1. The molecule has 0 aliphatic carbocycles. The SMILES string of the molecule is CC/C=C\C/C=C\C/C=C\C/C=C\C/C=C\CCCCCCCCCCCCCCCCCCCCCCCC(=O)OC(COC(=O)CCCCCCCCCCCCCCCCC/C=C\CCCCCCCCCC)COP(=O)([O-])OCC[N+](C)(C)C. The van der Waals surface area contributed by atoms with Crippen molar-refractivity contribution >= 4 is 19.8 Å². The molecule has 10 heteroatoms. The van der Waals surface area contributed by atoms with E-state index in [0.29, 0.717) is 17.4 Å². The Hall–Kier alpha value is -2.55. The standard InChI is InChI=1S/C78H144NO8P/c1-6-8-10-12-14-16-18-20-22-24-26-28-30-32-34-35-36-37-38-39-40-41-42-43-45-47-49-51-53-55-57-59-61-63-65-67-69-71-78(81)87-76(75-86-88(82,83)85-73-72-79(3,4)5)74-84-77(80)70-68-66-64-62-60-58-56-54-52-50-48-46-44-33-31-29-27-25-23-21-19-17-15-13-11-9-7-2/h8,10,14,16,20,22,25-28,32,34,76H,6-7,9,11-13,15,17-19,21,23-24,29-31,33,35-75H2,1-5H3/b10-8-,16-14-,22-20-,27-25-,28-26-,34-32-. The molecule has 0 bridgehead atoms. The predicted octanol–water partition coefficient (Wildman–Crippen LogP) is 24.1. The van der Waals surface area contributed by atoms with E-state index in [0.717, 1.165) is 64.2 Å². The Balaban J connectivity index is 3.95. The Kier molecular flexibility index (Phi) is 66.8. The zero-order valence-electron chi connectivity index (χ0n) is 58.7. The van der Waals surface area contributed by atoms with E-state index in [2.05, 4.69) is 86.8 Å². The lowest BCUT2D eigenvalue weighted by Crippen LogP contribution is -2.37. The van der Waals surface area contributed by atoms with Crippen molar-refractivity contribution in [3.05, 3.63) is 72.9 Å². The minimum absolute atomic E-state index is 0.0295. The van der Waals surface area contributed by atoms with Gasteiger partial charge in [-0.2, -0.15) is 0 Å². The van der Waals surface area contributed by atoms with Crippen LogP contribution in [0.2, 0.25) is 0 Å². The fourth-order valence-corrected chi connectivity index (χ4v) is 11.7. The molecule has 0 fully saturated rings. The van der Waals surface area contributed by atoms with Crippen molar-refractivity contribution in [3.8, 4) is 0 Å². The van der Waals surface area contributed by atoms with Crippen molar-refractivity contribution in [3.63, 3.8) is 0 Å². The van der Waals surface area contributed by atoms with E-state index in [1.807, 2.05) is 21.1 Å². The summed E-state index contributed by atoms with van der Waals surface area (Å²) in [6.45, 7) is 4.19. The number of likely N-dealkylation sites (N-methyl/N-ethyl adjacent to an activating group) is 1. The fraction of sp³-hybridized carbons (Fsp3) is 0.821. The molecule has 9 nitrogen and oxygen atoms in total. The predicted molar refractivity (Wildman–Crippen MR) is 379 cm³/mol. The first-order chi connectivity index (χ1) is 43.0. The summed E-state index contributed by atoms with van der Waals surface area (Å²) in [5.74, 6) is -0.814. The number of phosphoric ester groups is 1. The van der Waals surface area contributed by atoms with Gasteiger partial charge >= 0.3 is 11.9 Å². The molecule has 0 aromatic carbocycles. The van der Waals surface area contributed by atoms with Crippen LogP contribution < -0.4 is 4.89 Å². The molecule has 514 valence electrons. The number of ether oxygens (including phenoxy) is 2. The highest BCUT2D eigenvalue weighted by atomic mass is 31.2. The Morgan fingerprint density at radius 3 is 0.977 bits per heavy atom. The van der Waals surface area contributed by atoms with Gasteiger partial charge in [0.2, 0.25) is 0 Å². The van der Waals surface area contributed by atoms with E-state index in [1.165, 1.54) is 263 Å². The molecule has 0 radical (unpaired) electrons. The van der Waals surface area contributed by atoms with Crippen molar-refractivity contribution in [2.24, 2.45) is 0 Å². The van der Waals surface area contributed by atoms with Gasteiger partial charge in [-0.3, -0.25) is 14.2 Å². The van der Waals surface area contributed by atoms with E-state index in [1.54, 1.807) is 0 Å². The van der Waals surface area contributed by atoms with Crippen LogP contribution in [-0.2, 0) is 32.7 Å². The van der Waals surface area contributed by atoms with E-state index in [4.69, 9.17) is 18.5 Å². The maximum absolute atomic E-state index is 12.9. The highest BCUT2D eigenvalue weighted by Gasteiger charge is 2.22. The second kappa shape index (κ2) is 68.8. The summed E-state index contributed by atoms with van der Waals surface area (Å²) >= 11 is 0. The van der Waals surface area contributed by atoms with E-state index in [-0.39, 0.29) is 32.0 Å². The van der Waals surface area contributed by atoms with Crippen LogP contribution >= 0.6 is 7.82 Å². The van der Waals surface area contributed by atoms with Gasteiger partial charge in [-0.1, -0.05) is 337 Å². The van der Waals surface area contributed by atoms with Gasteiger partial charge in [0.25, 0.3) is 7.82 Å². The summed E-state index contributed by atoms with van der Waals surface area (Å²) in [6, 6.07) is 0. The molecule has 0 aliphatic rings. The van der Waals surface area contributed by atoms with Crippen LogP contribution in [-0.4, -0.2) is 70.0 Å². The lowest BCUT2D eigenvalue weighted by molar-refractivity contribution is -0.870. The van der Waals surface area contributed by atoms with Crippen molar-refractivity contribution in [2.45, 2.75) is 367 Å². The van der Waals surface area contributed by atoms with Gasteiger partial charge in [0.15, 0.2) is 6.10 Å². The Bertz CT molecular complexity index is 1710. The average Bonchev–Trinajstić information content (AvgIpc) is 3.68. The number of hydrogen-bond acceptors (Lipinski definition) is 8. The monoisotopic (exact) mass is 1250 g/mol. The molecule has 0 saturated heterocycles. The number of nitrogens with zero attached hydrogens (tertiary/aromatic N) is 1. The molecule has 88 heavy (non-hydrogen) atoms. The van der Waals surface area contributed by atoms with E-state index >= 15 is 0 Å². The largest absolute Gasteiger partial charge is 0.756 e. The molecular formula is C78H144NO8P. The summed E-state index contributed by atoms with van der Waals surface area (Å²) < 4.78 is 34.4. The van der Waals surface area contributed by atoms with Crippen LogP contribution in [0, 0.1) is 0 Å². The Morgan fingerprint density at radius 1 is 0.364 bits per heavy atom. The number of carbonyl (C=O) groups excluding carboxylic acids is 2. The highest BCUT2D eigenvalue weighted by Crippen LogP contribution is 2.38. The van der Waals surface area contributed by atoms with Crippen LogP contribution in [0.15, 0.2) is 72.9 Å². The molecule has 2 atom stereocenters. The first kappa shape index (κ1) is 85.5. The maximum atomic E-state index is 12.9. The minimum Gasteiger partial charge on any atom is -0.756 e. The van der Waals surface area contributed by atoms with Crippen molar-refractivity contribution in [1.29, 1.82) is 0 Å². The van der Waals surface area contributed by atoms with Crippen molar-refractivity contribution in [2.75, 3.05) is 47.5 Å². The lowest BCUT2D eigenvalue weighted by atomic mass is 10.0. The van der Waals surface area contributed by atoms with Gasteiger partial charge in [-0.05, 0) is 83.5 Å². The molecule has 0 saturated carbocycles. The number of carbonyl (C=O) groups is 2. The average molecular weight is 1250 g/mol. The third-order valence-electron chi connectivity index (χ3n) is 16.7. The third kappa shape index (κ3) is 72.5. The maximum Gasteiger partial charge on any atom is 0.306 e. The molecule has 0 spiro atoms. The number of allylic oxidation sites excluding steroid dienone is 12. The first-order valence-corrected chi connectivity index (χ1v) is 39.1. The van der Waals surface area contributed by atoms with Gasteiger partial charge in [0.05, 0.1) is 27.7 Å². The van der Waals surface area contributed by atoms with Crippen LogP contribution in [0.3, 0.4) is 0 Å². The zero-order chi connectivity index (χ0) is 64.1. The Labute approximate surface area is 546 Å². The number of phosphoric acid groups is 1. The molecular weight excluding hydrogens is 1110 g/mol. The third-order valence-corrected chi connectivity index (χ3v) is 17.7. The van der Waals surface area contributed by atoms with Crippen LogP contribution in [0.25, 0.3) is 0 Å². The molecule has 0 heterocycles. The van der Waals surface area contributed by atoms with Gasteiger partial charge < -0.3 is 27.9 Å². The number of esters is 2. The number of rotatable bonds is 70. The number of quaternary nitrogens is 1. The van der Waals surface area contributed by atoms with E-state index in [9.17, 15) is 19.0 Å². The van der Waals surface area contributed by atoms with E-state index < -0.39 is 26.5 Å². The highest BCUT2D eigenvalue weighted by molar-refractivity contribution is 7.45. The normalized spacial score (nSPS) is 13.5. The molecule has 0 aromatic rings. The van der Waals surface area contributed by atoms with Gasteiger partial charge in [0.1, 0.15) is 19.8 Å². The Morgan fingerprint density at radius 2 is 0.648 bits per heavy atom. The minimum atomic E-state index is -4.64. The second-order valence-corrected chi connectivity index (χ2v) is 28.0. The summed E-state index contributed by atoms with van der Waals surface area (Å²) in [5.41, 5.74) is 0.